The highest BCUT2D eigenvalue weighted by Crippen LogP contribution is 2.28. The van der Waals surface area contributed by atoms with Gasteiger partial charge in [-0.2, -0.15) is 4.31 Å². The van der Waals surface area contributed by atoms with Crippen molar-refractivity contribution in [3.63, 3.8) is 0 Å². The summed E-state index contributed by atoms with van der Waals surface area (Å²) < 4.78 is 47.7. The molecule has 158 valence electrons. The van der Waals surface area contributed by atoms with Crippen molar-refractivity contribution in [2.75, 3.05) is 26.3 Å². The van der Waals surface area contributed by atoms with Crippen molar-refractivity contribution >= 4 is 43.8 Å². The number of nitrogens with zero attached hydrogens (tertiary/aromatic N) is 3. The zero-order valence-electron chi connectivity index (χ0n) is 16.4. The van der Waals surface area contributed by atoms with Crippen molar-refractivity contribution in [2.45, 2.75) is 18.4 Å². The number of fused-ring (bicyclic) bond motifs is 1. The molecular weight excluding hydrogens is 429 g/mol. The van der Waals surface area contributed by atoms with Crippen LogP contribution in [0.1, 0.15) is 18.3 Å². The first kappa shape index (κ1) is 21.0. The molecule has 0 amide bonds. The molecule has 0 atom stereocenters. The van der Waals surface area contributed by atoms with Crippen LogP contribution in [0.25, 0.3) is 22.1 Å². The molecule has 0 N–H and O–H groups in total. The molecule has 1 aromatic heterocycles. The third-order valence-corrected chi connectivity index (χ3v) is 7.19. The third-order valence-electron chi connectivity index (χ3n) is 5.02. The molecule has 9 heteroatoms. The standard InChI is InChI=1S/C21H21ClFN3O3S/c1-2-26-20-8-7-17(30(27,28)25-9-11-29-12-10-25)14-19(20)24-21(26)18(22)13-15-3-5-16(23)6-4-15/h3-8,13-14H,2,9-12H2,1H3/b18-13-. The molecule has 4 rings (SSSR count). The van der Waals surface area contributed by atoms with Gasteiger partial charge in [0.05, 0.1) is 34.2 Å². The zero-order chi connectivity index (χ0) is 21.3. The van der Waals surface area contributed by atoms with E-state index in [0.29, 0.717) is 49.2 Å². The lowest BCUT2D eigenvalue weighted by Crippen LogP contribution is -2.40. The van der Waals surface area contributed by atoms with Crippen LogP contribution < -0.4 is 0 Å². The number of hydrogen-bond donors (Lipinski definition) is 0. The Hall–Kier alpha value is -2.26. The van der Waals surface area contributed by atoms with Crippen molar-refractivity contribution in [1.29, 1.82) is 0 Å². The van der Waals surface area contributed by atoms with Gasteiger partial charge in [-0.05, 0) is 48.9 Å². The number of hydrogen-bond acceptors (Lipinski definition) is 4. The van der Waals surface area contributed by atoms with E-state index in [1.807, 2.05) is 11.5 Å². The molecule has 3 aromatic rings. The lowest BCUT2D eigenvalue weighted by Gasteiger charge is -2.26. The van der Waals surface area contributed by atoms with Gasteiger partial charge in [0.1, 0.15) is 5.82 Å². The molecule has 0 bridgehead atoms. The fourth-order valence-electron chi connectivity index (χ4n) is 3.48. The van der Waals surface area contributed by atoms with E-state index in [2.05, 4.69) is 4.98 Å². The fourth-order valence-corrected chi connectivity index (χ4v) is 5.18. The van der Waals surface area contributed by atoms with E-state index >= 15 is 0 Å². The maximum atomic E-state index is 13.1. The third kappa shape index (κ3) is 4.00. The number of aromatic nitrogens is 2. The van der Waals surface area contributed by atoms with Crippen LogP contribution >= 0.6 is 11.6 Å². The first-order valence-electron chi connectivity index (χ1n) is 9.61. The predicted molar refractivity (Wildman–Crippen MR) is 115 cm³/mol. The summed E-state index contributed by atoms with van der Waals surface area (Å²) in [4.78, 5) is 4.79. The number of ether oxygens (including phenoxy) is 1. The van der Waals surface area contributed by atoms with Crippen LogP contribution in [0.2, 0.25) is 0 Å². The van der Waals surface area contributed by atoms with Gasteiger partial charge in [-0.1, -0.05) is 23.7 Å². The Morgan fingerprint density at radius 1 is 1.20 bits per heavy atom. The highest BCUT2D eigenvalue weighted by atomic mass is 35.5. The van der Waals surface area contributed by atoms with E-state index < -0.39 is 10.0 Å². The Bertz CT molecular complexity index is 1200. The summed E-state index contributed by atoms with van der Waals surface area (Å²) in [6, 6.07) is 10.9. The minimum absolute atomic E-state index is 0.197. The van der Waals surface area contributed by atoms with Crippen molar-refractivity contribution in [3.05, 3.63) is 59.7 Å². The van der Waals surface area contributed by atoms with Gasteiger partial charge in [-0.15, -0.1) is 0 Å². The highest BCUT2D eigenvalue weighted by molar-refractivity contribution is 7.89. The maximum Gasteiger partial charge on any atom is 0.243 e. The Morgan fingerprint density at radius 3 is 2.57 bits per heavy atom. The molecule has 6 nitrogen and oxygen atoms in total. The van der Waals surface area contributed by atoms with E-state index in [1.165, 1.54) is 16.4 Å². The Labute approximate surface area is 179 Å². The number of morpholine rings is 1. The molecule has 1 aliphatic heterocycles. The van der Waals surface area contributed by atoms with Gasteiger partial charge in [0.25, 0.3) is 0 Å². The number of sulfonamides is 1. The average Bonchev–Trinajstić information content (AvgIpc) is 3.14. The van der Waals surface area contributed by atoms with Crippen molar-refractivity contribution in [3.8, 4) is 0 Å². The monoisotopic (exact) mass is 449 g/mol. The number of aryl methyl sites for hydroxylation is 1. The summed E-state index contributed by atoms with van der Waals surface area (Å²) >= 11 is 6.53. The number of benzene rings is 2. The van der Waals surface area contributed by atoms with Gasteiger partial charge in [0.2, 0.25) is 10.0 Å². The predicted octanol–water partition coefficient (Wildman–Crippen LogP) is 3.95. The molecule has 0 spiro atoms. The van der Waals surface area contributed by atoms with Gasteiger partial charge in [0, 0.05) is 19.6 Å². The minimum Gasteiger partial charge on any atom is -0.379 e. The highest BCUT2D eigenvalue weighted by Gasteiger charge is 2.27. The van der Waals surface area contributed by atoms with Gasteiger partial charge >= 0.3 is 0 Å². The molecular formula is C21H21ClFN3O3S. The van der Waals surface area contributed by atoms with Crippen LogP contribution in [0.4, 0.5) is 4.39 Å². The molecule has 1 aliphatic rings. The second-order valence-electron chi connectivity index (χ2n) is 6.89. The molecule has 1 fully saturated rings. The van der Waals surface area contributed by atoms with E-state index in [0.717, 1.165) is 11.1 Å². The first-order valence-corrected chi connectivity index (χ1v) is 11.4. The second-order valence-corrected chi connectivity index (χ2v) is 9.24. The van der Waals surface area contributed by atoms with Gasteiger partial charge in [-0.3, -0.25) is 0 Å². The topological polar surface area (TPSA) is 64.4 Å². The SMILES string of the molecule is CCn1c(/C(Cl)=C/c2ccc(F)cc2)nc2cc(S(=O)(=O)N3CCOCC3)ccc21. The number of imidazole rings is 1. The van der Waals surface area contributed by atoms with Crippen LogP contribution in [-0.4, -0.2) is 48.6 Å². The smallest absolute Gasteiger partial charge is 0.243 e. The maximum absolute atomic E-state index is 13.1. The van der Waals surface area contributed by atoms with Crippen LogP contribution in [0.15, 0.2) is 47.4 Å². The van der Waals surface area contributed by atoms with E-state index in [4.69, 9.17) is 16.3 Å². The molecule has 30 heavy (non-hydrogen) atoms. The van der Waals surface area contributed by atoms with E-state index in [1.54, 1.807) is 36.4 Å². The van der Waals surface area contributed by atoms with Crippen LogP contribution in [-0.2, 0) is 21.3 Å². The molecule has 0 unspecified atom stereocenters. The number of rotatable bonds is 5. The fraction of sp³-hybridized carbons (Fsp3) is 0.286. The molecule has 0 aliphatic carbocycles. The average molecular weight is 450 g/mol. The molecule has 0 radical (unpaired) electrons. The van der Waals surface area contributed by atoms with Gasteiger partial charge < -0.3 is 9.30 Å². The molecule has 0 saturated carbocycles. The Morgan fingerprint density at radius 2 is 1.90 bits per heavy atom. The summed E-state index contributed by atoms with van der Waals surface area (Å²) in [5, 5.41) is 0.386. The normalized spacial score (nSPS) is 16.3. The van der Waals surface area contributed by atoms with Crippen LogP contribution in [0.3, 0.4) is 0 Å². The van der Waals surface area contributed by atoms with Crippen LogP contribution in [0.5, 0.6) is 0 Å². The summed E-state index contributed by atoms with van der Waals surface area (Å²) in [5.41, 5.74) is 2.08. The van der Waals surface area contributed by atoms with Gasteiger partial charge in [0.15, 0.2) is 5.82 Å². The summed E-state index contributed by atoms with van der Waals surface area (Å²) in [5.74, 6) is 0.206. The molecule has 2 heterocycles. The molecule has 1 saturated heterocycles. The first-order chi connectivity index (χ1) is 14.4. The van der Waals surface area contributed by atoms with E-state index in [-0.39, 0.29) is 10.7 Å². The van der Waals surface area contributed by atoms with Crippen molar-refractivity contribution in [2.24, 2.45) is 0 Å². The Balaban J connectivity index is 1.74. The van der Waals surface area contributed by atoms with E-state index in [9.17, 15) is 12.8 Å². The van der Waals surface area contributed by atoms with Gasteiger partial charge in [-0.25, -0.2) is 17.8 Å². The van der Waals surface area contributed by atoms with Crippen molar-refractivity contribution in [1.82, 2.24) is 13.9 Å². The van der Waals surface area contributed by atoms with Crippen LogP contribution in [0, 0.1) is 5.82 Å². The molecule has 2 aromatic carbocycles. The lowest BCUT2D eigenvalue weighted by molar-refractivity contribution is 0.0730. The summed E-state index contributed by atoms with van der Waals surface area (Å²) in [6.45, 7) is 4.02. The Kier molecular flexibility index (Phi) is 5.92. The summed E-state index contributed by atoms with van der Waals surface area (Å²) in [7, 11) is -3.62. The second kappa shape index (κ2) is 8.47. The number of halogens is 2. The minimum atomic E-state index is -3.62. The van der Waals surface area contributed by atoms with Crippen molar-refractivity contribution < 1.29 is 17.5 Å². The zero-order valence-corrected chi connectivity index (χ0v) is 18.0. The summed E-state index contributed by atoms with van der Waals surface area (Å²) in [6.07, 6.45) is 1.71. The lowest BCUT2D eigenvalue weighted by atomic mass is 10.2. The quantitative estimate of drug-likeness (QED) is 0.591. The largest absolute Gasteiger partial charge is 0.379 e.